The second kappa shape index (κ2) is 24.9. The number of methoxy groups -OCH3 is 1. The number of carbonyl (C=O) groups is 5. The van der Waals surface area contributed by atoms with Gasteiger partial charge in [-0.2, -0.15) is 0 Å². The van der Waals surface area contributed by atoms with Gasteiger partial charge < -0.3 is 31.2 Å². The smallest absolute Gasteiger partial charge is 0.251 e. The average Bonchev–Trinajstić information content (AvgIpc) is 3.08. The monoisotopic (exact) mass is 654 g/mol. The minimum absolute atomic E-state index is 0.117. The number of unbranched alkanes of at least 4 members (excludes halogenated alkanes) is 5. The lowest BCUT2D eigenvalue weighted by Gasteiger charge is -2.26. The Hall–Kier alpha value is -4.29. The highest BCUT2D eigenvalue weighted by Crippen LogP contribution is 2.23. The van der Waals surface area contributed by atoms with Crippen LogP contribution in [0.3, 0.4) is 0 Å². The van der Waals surface area contributed by atoms with Gasteiger partial charge in [-0.05, 0) is 82.6 Å². The number of nitrogen functional groups attached to an aromatic ring is 1. The van der Waals surface area contributed by atoms with Crippen molar-refractivity contribution in [3.63, 3.8) is 0 Å². The van der Waals surface area contributed by atoms with Crippen molar-refractivity contribution in [1.29, 1.82) is 0 Å². The molecule has 0 bridgehead atoms. The van der Waals surface area contributed by atoms with Crippen LogP contribution in [0.15, 0.2) is 36.4 Å². The number of carbonyl (C=O) groups excluding carboxylic acids is 5. The fraction of sp³-hybridized carbons (Fsp3) is 0.514. The van der Waals surface area contributed by atoms with Crippen LogP contribution in [-0.2, 0) is 20.9 Å². The summed E-state index contributed by atoms with van der Waals surface area (Å²) in [6.07, 6.45) is 10.4. The Morgan fingerprint density at radius 3 is 2.38 bits per heavy atom. The predicted molar refractivity (Wildman–Crippen MR) is 187 cm³/mol. The van der Waals surface area contributed by atoms with E-state index in [-0.39, 0.29) is 17.9 Å². The molecule has 0 spiro atoms. The van der Waals surface area contributed by atoms with E-state index in [2.05, 4.69) is 26.2 Å². The van der Waals surface area contributed by atoms with Crippen molar-refractivity contribution in [1.82, 2.24) is 20.9 Å². The lowest BCUT2D eigenvalue weighted by atomic mass is 10.0. The molecule has 2 rings (SSSR count). The molecule has 2 aromatic rings. The number of aldehydes is 2. The summed E-state index contributed by atoms with van der Waals surface area (Å²) in [5.41, 5.74) is 9.32. The van der Waals surface area contributed by atoms with Gasteiger partial charge in [-0.25, -0.2) is 0 Å². The second-order valence-electron chi connectivity index (χ2n) is 11.3. The standard InChI is InChI=1S/C19H31N3O3.C16H23N3O3/c1-25-18-15-16(9-10-17(18)20)19(24)22-13-8-12-21-11-6-4-2-3-5-7-14-23;1-12(7-8-16(22)18-11-21)19(3)9-14-13(10-20)5-4-6-15(14)17-2/h9-10,14-15,21H,2-8,11-13,20H2,1H3,(H,22,24);4-6,10-12,17H,7-9H2,1-3H3,(H,18,21,22). The van der Waals surface area contributed by atoms with Gasteiger partial charge in [0.1, 0.15) is 18.3 Å². The summed E-state index contributed by atoms with van der Waals surface area (Å²) < 4.78 is 5.12. The first-order chi connectivity index (χ1) is 22.7. The van der Waals surface area contributed by atoms with Gasteiger partial charge in [-0.1, -0.05) is 31.4 Å². The van der Waals surface area contributed by atoms with Gasteiger partial charge in [-0.15, -0.1) is 0 Å². The third-order valence-corrected chi connectivity index (χ3v) is 7.76. The van der Waals surface area contributed by atoms with Crippen molar-refractivity contribution in [2.24, 2.45) is 0 Å². The van der Waals surface area contributed by atoms with E-state index < -0.39 is 0 Å². The number of hydrogen-bond acceptors (Lipinski definition) is 10. The molecule has 47 heavy (non-hydrogen) atoms. The molecule has 0 aliphatic carbocycles. The Kier molecular flexibility index (Phi) is 21.6. The number of nitrogens with zero attached hydrogens (tertiary/aromatic N) is 1. The third kappa shape index (κ3) is 16.7. The van der Waals surface area contributed by atoms with E-state index in [0.29, 0.717) is 61.3 Å². The van der Waals surface area contributed by atoms with Gasteiger partial charge in [0.05, 0.1) is 12.8 Å². The summed E-state index contributed by atoms with van der Waals surface area (Å²) in [6.45, 7) is 5.12. The van der Waals surface area contributed by atoms with Crippen molar-refractivity contribution in [2.75, 3.05) is 51.9 Å². The molecular formula is C35H54N6O6. The van der Waals surface area contributed by atoms with Crippen molar-refractivity contribution >= 4 is 42.2 Å². The fourth-order valence-electron chi connectivity index (χ4n) is 4.73. The molecule has 12 nitrogen and oxygen atoms in total. The zero-order valence-corrected chi connectivity index (χ0v) is 28.4. The molecule has 0 saturated heterocycles. The van der Waals surface area contributed by atoms with Crippen LogP contribution in [0, 0.1) is 0 Å². The Morgan fingerprint density at radius 2 is 1.70 bits per heavy atom. The first-order valence-electron chi connectivity index (χ1n) is 16.3. The van der Waals surface area contributed by atoms with Crippen molar-refractivity contribution in [3.05, 3.63) is 53.1 Å². The van der Waals surface area contributed by atoms with Crippen LogP contribution in [0.5, 0.6) is 5.75 Å². The minimum Gasteiger partial charge on any atom is -0.495 e. The number of nitrogens with one attached hydrogen (secondary N) is 4. The molecule has 0 aliphatic rings. The van der Waals surface area contributed by atoms with E-state index in [1.165, 1.54) is 20.0 Å². The highest BCUT2D eigenvalue weighted by molar-refractivity contribution is 5.95. The zero-order valence-electron chi connectivity index (χ0n) is 28.4. The molecule has 12 heteroatoms. The summed E-state index contributed by atoms with van der Waals surface area (Å²) in [7, 11) is 5.30. The Morgan fingerprint density at radius 1 is 0.979 bits per heavy atom. The number of amides is 3. The Labute approximate surface area is 279 Å². The van der Waals surface area contributed by atoms with Gasteiger partial charge in [0, 0.05) is 55.8 Å². The number of ether oxygens (including phenoxy) is 1. The van der Waals surface area contributed by atoms with E-state index in [1.54, 1.807) is 24.3 Å². The van der Waals surface area contributed by atoms with E-state index in [1.807, 2.05) is 33.2 Å². The van der Waals surface area contributed by atoms with Crippen LogP contribution >= 0.6 is 0 Å². The fourth-order valence-corrected chi connectivity index (χ4v) is 4.73. The molecule has 0 saturated carbocycles. The van der Waals surface area contributed by atoms with Gasteiger partial charge in [-0.3, -0.25) is 29.4 Å². The highest BCUT2D eigenvalue weighted by Gasteiger charge is 2.15. The van der Waals surface area contributed by atoms with Crippen LogP contribution in [-0.4, -0.2) is 82.6 Å². The molecule has 3 amide bonds. The number of imide groups is 1. The molecule has 1 atom stereocenters. The summed E-state index contributed by atoms with van der Waals surface area (Å²) in [6, 6.07) is 10.7. The van der Waals surface area contributed by atoms with Crippen molar-refractivity contribution in [3.8, 4) is 5.75 Å². The average molecular weight is 655 g/mol. The van der Waals surface area contributed by atoms with Gasteiger partial charge in [0.25, 0.3) is 5.91 Å². The summed E-state index contributed by atoms with van der Waals surface area (Å²) in [5, 5.41) is 11.5. The second-order valence-corrected chi connectivity index (χ2v) is 11.3. The quantitative estimate of drug-likeness (QED) is 0.0672. The van der Waals surface area contributed by atoms with Gasteiger partial charge >= 0.3 is 0 Å². The van der Waals surface area contributed by atoms with E-state index >= 15 is 0 Å². The molecule has 0 fully saturated rings. The largest absolute Gasteiger partial charge is 0.495 e. The Balaban J connectivity index is 0.000000474. The van der Waals surface area contributed by atoms with Crippen LogP contribution in [0.25, 0.3) is 0 Å². The van der Waals surface area contributed by atoms with Crippen molar-refractivity contribution in [2.45, 2.75) is 77.3 Å². The first-order valence-corrected chi connectivity index (χ1v) is 16.3. The summed E-state index contributed by atoms with van der Waals surface area (Å²) >= 11 is 0. The number of hydrogen-bond donors (Lipinski definition) is 5. The zero-order chi connectivity index (χ0) is 34.9. The minimum atomic E-state index is -0.278. The maximum absolute atomic E-state index is 12.1. The van der Waals surface area contributed by atoms with Crippen LogP contribution in [0.4, 0.5) is 11.4 Å². The molecule has 6 N–H and O–H groups in total. The molecule has 260 valence electrons. The highest BCUT2D eigenvalue weighted by atomic mass is 16.5. The maximum atomic E-state index is 12.1. The molecule has 0 aliphatic heterocycles. The van der Waals surface area contributed by atoms with E-state index in [0.717, 1.165) is 62.6 Å². The van der Waals surface area contributed by atoms with Crippen molar-refractivity contribution < 1.29 is 28.7 Å². The molecular weight excluding hydrogens is 600 g/mol. The summed E-state index contributed by atoms with van der Waals surface area (Å²) in [4.78, 5) is 57.0. The first kappa shape index (κ1) is 40.7. The SMILES string of the molecule is CNc1cccc(C=O)c1CN(C)C(C)CCC(=O)NC=O.COc1cc(C(=O)NCCCNCCCCCCCC=O)ccc1N. The van der Waals surface area contributed by atoms with E-state index in [4.69, 9.17) is 10.5 Å². The molecule has 1 unspecified atom stereocenters. The number of rotatable bonds is 23. The van der Waals surface area contributed by atoms with Crippen LogP contribution in [0.1, 0.15) is 91.0 Å². The van der Waals surface area contributed by atoms with Gasteiger partial charge in [0.15, 0.2) is 0 Å². The van der Waals surface area contributed by atoms with Crippen LogP contribution < -0.4 is 31.7 Å². The molecule has 0 radical (unpaired) electrons. The van der Waals surface area contributed by atoms with Gasteiger partial charge in [0.2, 0.25) is 12.3 Å². The lowest BCUT2D eigenvalue weighted by Crippen LogP contribution is -2.31. The number of benzene rings is 2. The normalized spacial score (nSPS) is 11.1. The number of nitrogens with two attached hydrogens (primary N) is 1. The topological polar surface area (TPSA) is 172 Å². The van der Waals surface area contributed by atoms with E-state index in [9.17, 15) is 24.0 Å². The predicted octanol–water partition coefficient (Wildman–Crippen LogP) is 3.94. The van der Waals surface area contributed by atoms with Crippen LogP contribution in [0.2, 0.25) is 0 Å². The third-order valence-electron chi connectivity index (χ3n) is 7.76. The Bertz CT molecular complexity index is 1240. The molecule has 2 aromatic carbocycles. The number of anilines is 2. The lowest BCUT2D eigenvalue weighted by molar-refractivity contribution is -0.125. The summed E-state index contributed by atoms with van der Waals surface area (Å²) in [5.74, 6) is 0.119. The maximum Gasteiger partial charge on any atom is 0.251 e. The molecule has 0 heterocycles. The molecule has 0 aromatic heterocycles.